The smallest absolute Gasteiger partial charge is 0.263 e. The molecule has 1 aromatic heterocycles. The van der Waals surface area contributed by atoms with Gasteiger partial charge in [0.1, 0.15) is 5.75 Å². The van der Waals surface area contributed by atoms with E-state index in [0.29, 0.717) is 16.4 Å². The molecule has 1 N–H and O–H groups in total. The van der Waals surface area contributed by atoms with Crippen molar-refractivity contribution in [2.45, 2.75) is 32.6 Å². The average molecular weight is 326 g/mol. The predicted octanol–water partition coefficient (Wildman–Crippen LogP) is 3.19. The minimum Gasteiger partial charge on any atom is -0.496 e. The van der Waals surface area contributed by atoms with E-state index in [2.05, 4.69) is 9.71 Å². The van der Waals surface area contributed by atoms with Crippen LogP contribution >= 0.6 is 11.3 Å². The summed E-state index contributed by atoms with van der Waals surface area (Å²) in [5.41, 5.74) is 2.24. The number of ether oxygens (including phenoxy) is 1. The van der Waals surface area contributed by atoms with Crippen LogP contribution < -0.4 is 9.46 Å². The fraction of sp³-hybridized carbons (Fsp3) is 0.357. The first-order chi connectivity index (χ1) is 9.74. The molecule has 0 saturated carbocycles. The Bertz CT molecular complexity index is 760. The first-order valence-corrected chi connectivity index (χ1v) is 8.66. The van der Waals surface area contributed by atoms with Crippen LogP contribution in [0.25, 0.3) is 0 Å². The Hall–Kier alpha value is -1.60. The molecule has 0 aliphatic heterocycles. The summed E-state index contributed by atoms with van der Waals surface area (Å²) in [6.07, 6.45) is 0. The van der Waals surface area contributed by atoms with E-state index in [4.69, 9.17) is 4.74 Å². The molecule has 0 atom stereocenters. The summed E-state index contributed by atoms with van der Waals surface area (Å²) < 4.78 is 32.8. The van der Waals surface area contributed by atoms with E-state index in [1.54, 1.807) is 26.2 Å². The maximum atomic E-state index is 12.5. The van der Waals surface area contributed by atoms with Gasteiger partial charge in [0.2, 0.25) is 0 Å². The summed E-state index contributed by atoms with van der Waals surface area (Å²) in [5.74, 6) is 0.674. The maximum Gasteiger partial charge on any atom is 0.263 e. The SMILES string of the molecule is COc1cc(C)c(S(=O)(=O)Nc2nc(C)c(C)s2)cc1C. The summed E-state index contributed by atoms with van der Waals surface area (Å²) >= 11 is 1.33. The average Bonchev–Trinajstić information content (AvgIpc) is 2.69. The summed E-state index contributed by atoms with van der Waals surface area (Å²) in [7, 11) is -2.09. The Balaban J connectivity index is 2.42. The van der Waals surface area contributed by atoms with Crippen LogP contribution in [0.1, 0.15) is 21.7 Å². The van der Waals surface area contributed by atoms with E-state index in [-0.39, 0.29) is 4.90 Å². The normalized spacial score (nSPS) is 11.5. The van der Waals surface area contributed by atoms with Crippen molar-refractivity contribution in [1.82, 2.24) is 4.98 Å². The Labute approximate surface area is 129 Å². The van der Waals surface area contributed by atoms with Crippen molar-refractivity contribution in [3.8, 4) is 5.75 Å². The van der Waals surface area contributed by atoms with Gasteiger partial charge in [0.15, 0.2) is 5.13 Å². The van der Waals surface area contributed by atoms with Gasteiger partial charge in [-0.2, -0.15) is 0 Å². The van der Waals surface area contributed by atoms with Gasteiger partial charge in [-0.1, -0.05) is 0 Å². The van der Waals surface area contributed by atoms with Crippen molar-refractivity contribution in [3.05, 3.63) is 33.8 Å². The lowest BCUT2D eigenvalue weighted by Gasteiger charge is -2.12. The van der Waals surface area contributed by atoms with Gasteiger partial charge in [-0.05, 0) is 51.0 Å². The zero-order valence-electron chi connectivity index (χ0n) is 12.6. The van der Waals surface area contributed by atoms with E-state index in [9.17, 15) is 8.42 Å². The lowest BCUT2D eigenvalue weighted by molar-refractivity contribution is 0.411. The standard InChI is InChI=1S/C14H18N2O3S2/c1-8-7-13(9(2)6-12(8)19-5)21(17,18)16-14-15-10(3)11(4)20-14/h6-7H,1-5H3,(H,15,16). The molecule has 0 radical (unpaired) electrons. The third-order valence-corrected chi connectivity index (χ3v) is 5.83. The van der Waals surface area contributed by atoms with Gasteiger partial charge >= 0.3 is 0 Å². The number of methoxy groups -OCH3 is 1. The Morgan fingerprint density at radius 3 is 2.33 bits per heavy atom. The highest BCUT2D eigenvalue weighted by Gasteiger charge is 2.20. The van der Waals surface area contributed by atoms with Gasteiger partial charge in [-0.25, -0.2) is 13.4 Å². The van der Waals surface area contributed by atoms with Gasteiger partial charge in [0.05, 0.1) is 17.7 Å². The molecule has 114 valence electrons. The molecule has 0 amide bonds. The quantitative estimate of drug-likeness (QED) is 0.937. The molecule has 0 unspecified atom stereocenters. The van der Waals surface area contributed by atoms with E-state index < -0.39 is 10.0 Å². The number of anilines is 1. The number of hydrogen-bond donors (Lipinski definition) is 1. The molecule has 2 aromatic rings. The molecule has 0 saturated heterocycles. The third kappa shape index (κ3) is 3.19. The largest absolute Gasteiger partial charge is 0.496 e. The summed E-state index contributed by atoms with van der Waals surface area (Å²) in [6, 6.07) is 3.34. The number of rotatable bonds is 4. The highest BCUT2D eigenvalue weighted by molar-refractivity contribution is 7.93. The number of benzene rings is 1. The lowest BCUT2D eigenvalue weighted by Crippen LogP contribution is -2.14. The van der Waals surface area contributed by atoms with E-state index in [1.165, 1.54) is 11.3 Å². The maximum absolute atomic E-state index is 12.5. The fourth-order valence-electron chi connectivity index (χ4n) is 1.96. The number of nitrogens with one attached hydrogen (secondary N) is 1. The van der Waals surface area contributed by atoms with Crippen molar-refractivity contribution >= 4 is 26.5 Å². The van der Waals surface area contributed by atoms with Gasteiger partial charge in [-0.3, -0.25) is 4.72 Å². The molecule has 0 aliphatic carbocycles. The van der Waals surface area contributed by atoms with Gasteiger partial charge in [0, 0.05) is 4.88 Å². The first kappa shape index (κ1) is 15.8. The van der Waals surface area contributed by atoms with Crippen molar-refractivity contribution in [2.75, 3.05) is 11.8 Å². The summed E-state index contributed by atoms with van der Waals surface area (Å²) in [5, 5.41) is 0.387. The minimum absolute atomic E-state index is 0.242. The van der Waals surface area contributed by atoms with Crippen LogP contribution in [-0.2, 0) is 10.0 Å². The second-order valence-corrected chi connectivity index (χ2v) is 7.71. The fourth-order valence-corrected chi connectivity index (χ4v) is 4.32. The highest BCUT2D eigenvalue weighted by Crippen LogP contribution is 2.28. The van der Waals surface area contributed by atoms with Crippen LogP contribution in [0.4, 0.5) is 5.13 Å². The van der Waals surface area contributed by atoms with Crippen molar-refractivity contribution in [1.29, 1.82) is 0 Å². The van der Waals surface area contributed by atoms with Crippen molar-refractivity contribution < 1.29 is 13.2 Å². The summed E-state index contributed by atoms with van der Waals surface area (Å²) in [4.78, 5) is 5.45. The Kier molecular flexibility index (Phi) is 4.25. The molecule has 2 rings (SSSR count). The van der Waals surface area contributed by atoms with Gasteiger partial charge in [0.25, 0.3) is 10.0 Å². The summed E-state index contributed by atoms with van der Waals surface area (Å²) in [6.45, 7) is 7.32. The van der Waals surface area contributed by atoms with E-state index >= 15 is 0 Å². The van der Waals surface area contributed by atoms with Gasteiger partial charge in [-0.15, -0.1) is 11.3 Å². The van der Waals surface area contributed by atoms with Crippen LogP contribution in [0.15, 0.2) is 17.0 Å². The third-order valence-electron chi connectivity index (χ3n) is 3.23. The van der Waals surface area contributed by atoms with Crippen LogP contribution in [0.5, 0.6) is 5.75 Å². The molecular weight excluding hydrogens is 308 g/mol. The Morgan fingerprint density at radius 1 is 1.14 bits per heavy atom. The number of aromatic nitrogens is 1. The Morgan fingerprint density at radius 2 is 1.81 bits per heavy atom. The molecule has 0 spiro atoms. The molecule has 0 fully saturated rings. The zero-order chi connectivity index (χ0) is 15.8. The number of hydrogen-bond acceptors (Lipinski definition) is 5. The molecule has 0 bridgehead atoms. The zero-order valence-corrected chi connectivity index (χ0v) is 14.3. The van der Waals surface area contributed by atoms with Crippen LogP contribution in [0.2, 0.25) is 0 Å². The van der Waals surface area contributed by atoms with Gasteiger partial charge < -0.3 is 4.74 Å². The number of thiazole rings is 1. The first-order valence-electron chi connectivity index (χ1n) is 6.36. The molecular formula is C14H18N2O3S2. The van der Waals surface area contributed by atoms with Crippen LogP contribution in [0.3, 0.4) is 0 Å². The topological polar surface area (TPSA) is 68.3 Å². The molecule has 0 aliphatic rings. The van der Waals surface area contributed by atoms with E-state index in [1.807, 2.05) is 20.8 Å². The van der Waals surface area contributed by atoms with Crippen LogP contribution in [0, 0.1) is 27.7 Å². The number of nitrogens with zero attached hydrogens (tertiary/aromatic N) is 1. The molecule has 5 nitrogen and oxygen atoms in total. The van der Waals surface area contributed by atoms with E-state index in [0.717, 1.165) is 16.1 Å². The predicted molar refractivity (Wildman–Crippen MR) is 84.9 cm³/mol. The number of aryl methyl sites for hydroxylation is 4. The van der Waals surface area contributed by atoms with Crippen molar-refractivity contribution in [2.24, 2.45) is 0 Å². The number of sulfonamides is 1. The highest BCUT2D eigenvalue weighted by atomic mass is 32.2. The lowest BCUT2D eigenvalue weighted by atomic mass is 10.1. The molecule has 1 aromatic carbocycles. The molecule has 21 heavy (non-hydrogen) atoms. The second-order valence-electron chi connectivity index (χ2n) is 4.85. The monoisotopic (exact) mass is 326 g/mol. The van der Waals surface area contributed by atoms with Crippen molar-refractivity contribution in [3.63, 3.8) is 0 Å². The minimum atomic E-state index is -3.65. The molecule has 1 heterocycles. The molecule has 7 heteroatoms. The second kappa shape index (κ2) is 5.65. The van der Waals surface area contributed by atoms with Crippen LogP contribution in [-0.4, -0.2) is 20.5 Å².